The Morgan fingerprint density at radius 2 is 1.77 bits per heavy atom. The van der Waals surface area contributed by atoms with Crippen LogP contribution in [0.2, 0.25) is 0 Å². The smallest absolute Gasteiger partial charge is 1.00 e. The van der Waals surface area contributed by atoms with Gasteiger partial charge in [-0.1, -0.05) is 24.3 Å². The average molecular weight is 671 g/mol. The maximum atomic E-state index is 13.0. The van der Waals surface area contributed by atoms with E-state index < -0.39 is 0 Å². The minimum absolute atomic E-state index is 0. The molecule has 0 atom stereocenters. The normalized spacial score (nSPS) is 11.2. The Bertz CT molecular complexity index is 1870. The Morgan fingerprint density at radius 3 is 2.61 bits per heavy atom. The molecule has 2 aromatic heterocycles. The Kier molecular flexibility index (Phi) is 12.6. The number of pyridine rings is 2. The van der Waals surface area contributed by atoms with Crippen LogP contribution in [-0.4, -0.2) is 45.4 Å². The van der Waals surface area contributed by atoms with Crippen LogP contribution in [0.15, 0.2) is 112 Å². The van der Waals surface area contributed by atoms with E-state index in [-0.39, 0.29) is 59.8 Å². The van der Waals surface area contributed by atoms with Crippen molar-refractivity contribution in [1.82, 2.24) is 19.9 Å². The van der Waals surface area contributed by atoms with Crippen molar-refractivity contribution in [1.29, 1.82) is 0 Å². The summed E-state index contributed by atoms with van der Waals surface area (Å²) in [6.45, 7) is 1.66. The molecule has 0 spiro atoms. The first kappa shape index (κ1) is 34.4. The van der Waals surface area contributed by atoms with Gasteiger partial charge < -0.3 is 39.1 Å². The van der Waals surface area contributed by atoms with Crippen LogP contribution in [0, 0.1) is 0 Å². The van der Waals surface area contributed by atoms with E-state index in [0.717, 1.165) is 11.1 Å². The number of fused-ring (bicyclic) bond motifs is 3. The number of halogens is 2. The van der Waals surface area contributed by atoms with Gasteiger partial charge in [-0.2, -0.15) is 0 Å². The van der Waals surface area contributed by atoms with Crippen LogP contribution >= 0.6 is 0 Å². The molecule has 0 unspecified atom stereocenters. The maximum Gasteiger partial charge on any atom is 3.00 e. The van der Waals surface area contributed by atoms with Gasteiger partial charge in [0.1, 0.15) is 17.0 Å². The molecule has 0 fully saturated rings. The van der Waals surface area contributed by atoms with Gasteiger partial charge in [-0.25, -0.2) is 4.98 Å². The predicted molar refractivity (Wildman–Crippen MR) is 155 cm³/mol. The summed E-state index contributed by atoms with van der Waals surface area (Å²) in [5, 5.41) is 14.0. The molecule has 4 aromatic rings. The molecule has 1 radical (unpaired) electrons. The largest absolute Gasteiger partial charge is 3.00 e. The minimum atomic E-state index is -0.253. The number of aliphatic imine (C=N–C) groups is 1. The van der Waals surface area contributed by atoms with E-state index in [0.29, 0.717) is 65.6 Å². The molecule has 0 saturated carbocycles. The molecule has 9 nitrogen and oxygen atoms in total. The third kappa shape index (κ3) is 8.53. The molecule has 225 valence electrons. The van der Waals surface area contributed by atoms with Crippen LogP contribution < -0.4 is 40.1 Å². The molecule has 0 amide bonds. The van der Waals surface area contributed by atoms with Crippen LogP contribution in [-0.2, 0) is 23.6 Å². The van der Waals surface area contributed by atoms with Crippen molar-refractivity contribution in [3.8, 4) is 17.2 Å². The number of ether oxygens (including phenoxy) is 1. The molecule has 0 N–H and O–H groups in total. The monoisotopic (exact) mass is 670 g/mol. The van der Waals surface area contributed by atoms with E-state index in [2.05, 4.69) is 19.9 Å². The van der Waals surface area contributed by atoms with E-state index in [9.17, 15) is 9.90 Å². The fourth-order valence-corrected chi connectivity index (χ4v) is 4.63. The van der Waals surface area contributed by atoms with Gasteiger partial charge in [0.2, 0.25) is 0 Å². The van der Waals surface area contributed by atoms with Crippen molar-refractivity contribution >= 4 is 33.6 Å². The zero-order valence-corrected chi connectivity index (χ0v) is 25.9. The molecular weight excluding hydrogens is 645 g/mol. The molecule has 1 aliphatic carbocycles. The summed E-state index contributed by atoms with van der Waals surface area (Å²) >= 11 is 0. The van der Waals surface area contributed by atoms with Crippen LogP contribution in [0.4, 0.5) is 5.69 Å². The number of rotatable bonds is 10. The Morgan fingerprint density at radius 1 is 0.932 bits per heavy atom. The standard InChI is InChI=1S/C32H27N5O4.2ClH.Fe/c38-24-10-12-26-29(18-24)41-30-19-25(11-13-27(30)35-26)40-17-5-16-37(20-23-8-1-2-14-33-23)21-31(39)36-28-9-3-6-22-7-4-15-34-32(22)28;;;/h1-4,6-15,18-19H,5,16-17,20-21H2,(H,36,39);2*1H;/q;;;+3/p-3. The molecule has 1 aliphatic heterocycles. The number of hydrogen-bond donors (Lipinski definition) is 0. The summed E-state index contributed by atoms with van der Waals surface area (Å²) in [6.07, 6.45) is 4.11. The van der Waals surface area contributed by atoms with Crippen LogP contribution in [0.5, 0.6) is 5.75 Å². The Hall–Kier alpha value is -4.05. The van der Waals surface area contributed by atoms with Crippen LogP contribution in [0.1, 0.15) is 12.1 Å². The van der Waals surface area contributed by atoms with Gasteiger partial charge in [0.15, 0.2) is 16.8 Å². The van der Waals surface area contributed by atoms with Gasteiger partial charge in [-0.3, -0.25) is 24.7 Å². The third-order valence-corrected chi connectivity index (χ3v) is 6.54. The third-order valence-electron chi connectivity index (χ3n) is 6.54. The SMILES string of the molecule is O=c1ccc2nc3ccc(OCCCN(CC([O-])=Nc4cccc5cccnc45)Cc4ccccn4)cc3oc-2c1.[Cl-].[Cl-].[Fe+3]. The zero-order chi connectivity index (χ0) is 28.0. The molecule has 0 bridgehead atoms. The summed E-state index contributed by atoms with van der Waals surface area (Å²) in [5.74, 6) is 0.810. The molecular formula is C32H26Cl2FeN5O4. The van der Waals surface area contributed by atoms with Crippen molar-refractivity contribution in [3.63, 3.8) is 0 Å². The first-order chi connectivity index (χ1) is 20.1. The Labute approximate surface area is 276 Å². The van der Waals surface area contributed by atoms with E-state index in [4.69, 9.17) is 9.15 Å². The molecule has 12 heteroatoms. The van der Waals surface area contributed by atoms with Gasteiger partial charge in [-0.15, -0.1) is 0 Å². The van der Waals surface area contributed by atoms with E-state index in [1.165, 1.54) is 12.1 Å². The predicted octanol–water partition coefficient (Wildman–Crippen LogP) is -1.40. The average Bonchev–Trinajstić information content (AvgIpc) is 2.99. The van der Waals surface area contributed by atoms with Crippen molar-refractivity contribution < 1.29 is 56.1 Å². The summed E-state index contributed by atoms with van der Waals surface area (Å²) in [7, 11) is 0. The summed E-state index contributed by atoms with van der Waals surface area (Å²) < 4.78 is 11.9. The second kappa shape index (κ2) is 16.1. The first-order valence-electron chi connectivity index (χ1n) is 13.3. The van der Waals surface area contributed by atoms with Gasteiger partial charge in [-0.05, 0) is 60.8 Å². The maximum absolute atomic E-state index is 13.0. The van der Waals surface area contributed by atoms with Crippen molar-refractivity contribution in [2.45, 2.75) is 13.0 Å². The summed E-state index contributed by atoms with van der Waals surface area (Å²) in [6, 6.07) is 25.1. The van der Waals surface area contributed by atoms with E-state index in [1.54, 1.807) is 30.6 Å². The summed E-state index contributed by atoms with van der Waals surface area (Å²) in [4.78, 5) is 31.4. The van der Waals surface area contributed by atoms with Gasteiger partial charge >= 0.3 is 17.1 Å². The molecule has 2 aromatic carbocycles. The zero-order valence-electron chi connectivity index (χ0n) is 23.3. The van der Waals surface area contributed by atoms with Crippen molar-refractivity contribution in [2.75, 3.05) is 19.7 Å². The fourth-order valence-electron chi connectivity index (χ4n) is 4.63. The second-order valence-electron chi connectivity index (χ2n) is 9.56. The molecule has 3 heterocycles. The fraction of sp³-hybridized carbons (Fsp3) is 0.156. The number of benzene rings is 3. The van der Waals surface area contributed by atoms with Crippen LogP contribution in [0.3, 0.4) is 0 Å². The van der Waals surface area contributed by atoms with Gasteiger partial charge in [0, 0.05) is 49.5 Å². The topological polar surface area (TPSA) is 117 Å². The van der Waals surface area contributed by atoms with Crippen molar-refractivity contribution in [3.05, 3.63) is 113 Å². The van der Waals surface area contributed by atoms with Crippen molar-refractivity contribution in [2.24, 2.45) is 4.99 Å². The molecule has 44 heavy (non-hydrogen) atoms. The molecule has 2 aliphatic rings. The van der Waals surface area contributed by atoms with E-state index in [1.807, 2.05) is 59.5 Å². The van der Waals surface area contributed by atoms with Gasteiger partial charge in [0.05, 0.1) is 23.5 Å². The van der Waals surface area contributed by atoms with Crippen LogP contribution in [0.25, 0.3) is 33.5 Å². The number of nitrogens with zero attached hydrogens (tertiary/aromatic N) is 5. The number of aromatic nitrogens is 3. The van der Waals surface area contributed by atoms with Gasteiger partial charge in [0.25, 0.3) is 0 Å². The Balaban J connectivity index is 0.00000176. The molecule has 6 rings (SSSR count). The number of hydrogen-bond acceptors (Lipinski definition) is 9. The number of para-hydroxylation sites is 1. The quantitative estimate of drug-likeness (QED) is 0.0575. The minimum Gasteiger partial charge on any atom is -1.00 e. The summed E-state index contributed by atoms with van der Waals surface area (Å²) in [5.41, 5.74) is 3.82. The second-order valence-corrected chi connectivity index (χ2v) is 9.56. The molecule has 0 saturated heterocycles. The first-order valence-corrected chi connectivity index (χ1v) is 13.3. The van der Waals surface area contributed by atoms with E-state index >= 15 is 0 Å².